The quantitative estimate of drug-likeness (QED) is 0.646. The number of rotatable bonds is 6. The van der Waals surface area contributed by atoms with Crippen molar-refractivity contribution < 1.29 is 9.53 Å². The van der Waals surface area contributed by atoms with Gasteiger partial charge in [-0.05, 0) is 36.5 Å². The number of benzene rings is 1. The lowest BCUT2D eigenvalue weighted by Crippen LogP contribution is -2.27. The van der Waals surface area contributed by atoms with E-state index >= 15 is 0 Å². The van der Waals surface area contributed by atoms with Gasteiger partial charge in [-0.1, -0.05) is 6.07 Å². The summed E-state index contributed by atoms with van der Waals surface area (Å²) in [7, 11) is 1.53. The molecule has 8 nitrogen and oxygen atoms in total. The molecule has 2 aromatic heterocycles. The SMILES string of the molecule is COCCn1nc(C(=O)Nc2cccc(-n3cc[nH]c3=S)c2)ccc1=O. The van der Waals surface area contributed by atoms with E-state index in [9.17, 15) is 9.59 Å². The van der Waals surface area contributed by atoms with Gasteiger partial charge in [0, 0.05) is 36.9 Å². The number of ether oxygens (including phenoxy) is 1. The van der Waals surface area contributed by atoms with E-state index in [1.54, 1.807) is 29.1 Å². The van der Waals surface area contributed by atoms with Crippen LogP contribution >= 0.6 is 12.2 Å². The number of aromatic amines is 1. The van der Waals surface area contributed by atoms with Gasteiger partial charge in [-0.15, -0.1) is 0 Å². The molecule has 3 aromatic rings. The highest BCUT2D eigenvalue weighted by molar-refractivity contribution is 7.71. The Labute approximate surface area is 154 Å². The summed E-state index contributed by atoms with van der Waals surface area (Å²) in [5, 5.41) is 6.85. The van der Waals surface area contributed by atoms with E-state index in [-0.39, 0.29) is 17.8 Å². The molecule has 26 heavy (non-hydrogen) atoms. The molecular weight excluding hydrogens is 354 g/mol. The van der Waals surface area contributed by atoms with Crippen molar-refractivity contribution in [2.45, 2.75) is 6.54 Å². The van der Waals surface area contributed by atoms with E-state index in [1.165, 1.54) is 23.9 Å². The average Bonchev–Trinajstić information content (AvgIpc) is 3.07. The molecule has 0 spiro atoms. The van der Waals surface area contributed by atoms with Crippen molar-refractivity contribution in [1.82, 2.24) is 19.3 Å². The maximum atomic E-state index is 12.5. The molecule has 0 aliphatic rings. The van der Waals surface area contributed by atoms with Crippen LogP contribution in [0.2, 0.25) is 0 Å². The van der Waals surface area contributed by atoms with Crippen LogP contribution in [0.1, 0.15) is 10.5 Å². The summed E-state index contributed by atoms with van der Waals surface area (Å²) >= 11 is 5.20. The van der Waals surface area contributed by atoms with E-state index in [4.69, 9.17) is 17.0 Å². The summed E-state index contributed by atoms with van der Waals surface area (Å²) < 4.78 is 8.49. The van der Waals surface area contributed by atoms with Gasteiger partial charge in [-0.2, -0.15) is 5.10 Å². The minimum absolute atomic E-state index is 0.143. The number of anilines is 1. The smallest absolute Gasteiger partial charge is 0.276 e. The van der Waals surface area contributed by atoms with Crippen LogP contribution in [0.4, 0.5) is 5.69 Å². The number of hydrogen-bond donors (Lipinski definition) is 2. The van der Waals surface area contributed by atoms with Crippen LogP contribution in [0.3, 0.4) is 0 Å². The summed E-state index contributed by atoms with van der Waals surface area (Å²) in [6.07, 6.45) is 3.54. The van der Waals surface area contributed by atoms with Crippen LogP contribution < -0.4 is 10.9 Å². The predicted molar refractivity (Wildman–Crippen MR) is 99.3 cm³/mol. The van der Waals surface area contributed by atoms with E-state index < -0.39 is 5.91 Å². The number of aromatic nitrogens is 4. The third-order valence-electron chi connectivity index (χ3n) is 3.64. The zero-order valence-electron chi connectivity index (χ0n) is 14.0. The van der Waals surface area contributed by atoms with Gasteiger partial charge in [-0.3, -0.25) is 14.2 Å². The molecule has 0 aliphatic heterocycles. The Balaban J connectivity index is 1.81. The normalized spacial score (nSPS) is 10.7. The van der Waals surface area contributed by atoms with Crippen molar-refractivity contribution in [2.75, 3.05) is 19.0 Å². The molecule has 2 heterocycles. The molecule has 2 N–H and O–H groups in total. The largest absolute Gasteiger partial charge is 0.383 e. The summed E-state index contributed by atoms with van der Waals surface area (Å²) in [6, 6.07) is 9.95. The molecule has 134 valence electrons. The monoisotopic (exact) mass is 371 g/mol. The van der Waals surface area contributed by atoms with Gasteiger partial charge in [0.2, 0.25) is 0 Å². The Morgan fingerprint density at radius 3 is 2.92 bits per heavy atom. The molecule has 0 fully saturated rings. The minimum Gasteiger partial charge on any atom is -0.383 e. The highest BCUT2D eigenvalue weighted by atomic mass is 32.1. The fraction of sp³-hybridized carbons (Fsp3) is 0.176. The molecule has 0 unspecified atom stereocenters. The van der Waals surface area contributed by atoms with Crippen LogP contribution in [-0.4, -0.2) is 39.0 Å². The number of hydrogen-bond acceptors (Lipinski definition) is 5. The number of amides is 1. The molecule has 3 rings (SSSR count). The first kappa shape index (κ1) is 17.8. The first-order valence-electron chi connectivity index (χ1n) is 7.83. The Hall–Kier alpha value is -3.04. The number of carbonyl (C=O) groups is 1. The number of methoxy groups -OCH3 is 1. The molecule has 0 bridgehead atoms. The zero-order valence-corrected chi connectivity index (χ0v) is 14.8. The lowest BCUT2D eigenvalue weighted by molar-refractivity contribution is 0.101. The van der Waals surface area contributed by atoms with Crippen molar-refractivity contribution in [3.05, 3.63) is 69.6 Å². The number of nitrogens with zero attached hydrogens (tertiary/aromatic N) is 3. The van der Waals surface area contributed by atoms with Crippen molar-refractivity contribution >= 4 is 23.8 Å². The van der Waals surface area contributed by atoms with Crippen molar-refractivity contribution in [1.29, 1.82) is 0 Å². The molecule has 0 radical (unpaired) electrons. The highest BCUT2D eigenvalue weighted by Crippen LogP contribution is 2.15. The lowest BCUT2D eigenvalue weighted by Gasteiger charge is -2.09. The lowest BCUT2D eigenvalue weighted by atomic mass is 10.2. The third kappa shape index (κ3) is 3.95. The Morgan fingerprint density at radius 1 is 1.35 bits per heavy atom. The molecular formula is C17H17N5O3S. The van der Waals surface area contributed by atoms with Gasteiger partial charge in [0.1, 0.15) is 5.69 Å². The number of H-pyrrole nitrogens is 1. The van der Waals surface area contributed by atoms with Crippen LogP contribution in [-0.2, 0) is 11.3 Å². The molecule has 1 aromatic carbocycles. The second-order valence-corrected chi connectivity index (χ2v) is 5.80. The number of nitrogens with one attached hydrogen (secondary N) is 2. The van der Waals surface area contributed by atoms with Crippen LogP contribution in [0, 0.1) is 4.77 Å². The maximum Gasteiger partial charge on any atom is 0.276 e. The first-order valence-corrected chi connectivity index (χ1v) is 8.24. The molecule has 0 saturated carbocycles. The second-order valence-electron chi connectivity index (χ2n) is 5.41. The van der Waals surface area contributed by atoms with Crippen molar-refractivity contribution in [3.8, 4) is 5.69 Å². The maximum absolute atomic E-state index is 12.5. The second kappa shape index (κ2) is 7.89. The van der Waals surface area contributed by atoms with Crippen molar-refractivity contribution in [2.24, 2.45) is 0 Å². The van der Waals surface area contributed by atoms with Crippen LogP contribution in [0.5, 0.6) is 0 Å². The Bertz CT molecular complexity index is 1040. The van der Waals surface area contributed by atoms with Crippen molar-refractivity contribution in [3.63, 3.8) is 0 Å². The fourth-order valence-corrected chi connectivity index (χ4v) is 2.59. The van der Waals surface area contributed by atoms with Gasteiger partial charge in [-0.25, -0.2) is 4.68 Å². The highest BCUT2D eigenvalue weighted by Gasteiger charge is 2.11. The standard InChI is InChI=1S/C17H17N5O3S/c1-25-10-9-22-15(23)6-5-14(20-22)16(24)19-12-3-2-4-13(11-12)21-8-7-18-17(21)26/h2-8,11H,9-10H2,1H3,(H,18,26)(H,19,24). The third-order valence-corrected chi connectivity index (χ3v) is 3.95. The van der Waals surface area contributed by atoms with E-state index in [0.717, 1.165) is 5.69 Å². The van der Waals surface area contributed by atoms with E-state index in [2.05, 4.69) is 15.4 Å². The molecule has 0 saturated heterocycles. The predicted octanol–water partition coefficient (Wildman–Crippen LogP) is 1.99. The molecule has 0 aliphatic carbocycles. The minimum atomic E-state index is -0.411. The van der Waals surface area contributed by atoms with Crippen LogP contribution in [0.25, 0.3) is 5.69 Å². The molecule has 9 heteroatoms. The van der Waals surface area contributed by atoms with Gasteiger partial charge in [0.25, 0.3) is 11.5 Å². The van der Waals surface area contributed by atoms with Gasteiger partial charge >= 0.3 is 0 Å². The zero-order chi connectivity index (χ0) is 18.5. The first-order chi connectivity index (χ1) is 12.6. The van der Waals surface area contributed by atoms with Crippen LogP contribution in [0.15, 0.2) is 53.6 Å². The van der Waals surface area contributed by atoms with Gasteiger partial charge in [0.15, 0.2) is 4.77 Å². The molecule has 1 amide bonds. The summed E-state index contributed by atoms with van der Waals surface area (Å²) in [6.45, 7) is 0.606. The number of imidazole rings is 1. The Kier molecular flexibility index (Phi) is 5.40. The van der Waals surface area contributed by atoms with E-state index in [1.807, 2.05) is 12.1 Å². The molecule has 0 atom stereocenters. The topological polar surface area (TPSA) is 93.9 Å². The fourth-order valence-electron chi connectivity index (χ4n) is 2.36. The average molecular weight is 371 g/mol. The van der Waals surface area contributed by atoms with E-state index in [0.29, 0.717) is 17.1 Å². The van der Waals surface area contributed by atoms with Gasteiger partial charge < -0.3 is 15.0 Å². The number of carbonyl (C=O) groups excluding carboxylic acids is 1. The summed E-state index contributed by atoms with van der Waals surface area (Å²) in [5.74, 6) is -0.411. The summed E-state index contributed by atoms with van der Waals surface area (Å²) in [5.41, 5.74) is 1.26. The summed E-state index contributed by atoms with van der Waals surface area (Å²) in [4.78, 5) is 27.1. The van der Waals surface area contributed by atoms with Gasteiger partial charge in [0.05, 0.1) is 13.2 Å². The Morgan fingerprint density at radius 2 is 2.19 bits per heavy atom.